The van der Waals surface area contributed by atoms with Crippen molar-refractivity contribution < 1.29 is 74.0 Å². The van der Waals surface area contributed by atoms with Crippen LogP contribution in [0.2, 0.25) is 0 Å². The maximum absolute atomic E-state index is 10.6. The minimum atomic E-state index is -5.08. The van der Waals surface area contributed by atoms with Gasteiger partial charge in [-0.1, -0.05) is 6.07 Å². The van der Waals surface area contributed by atoms with Gasteiger partial charge in [-0.2, -0.15) is 39.5 Å². The molecule has 2 fully saturated rings. The van der Waals surface area contributed by atoms with Gasteiger partial charge < -0.3 is 20.1 Å². The van der Waals surface area contributed by atoms with Gasteiger partial charge in [0, 0.05) is 69.1 Å². The van der Waals surface area contributed by atoms with E-state index in [-0.39, 0.29) is 0 Å². The van der Waals surface area contributed by atoms with Gasteiger partial charge in [0.2, 0.25) is 0 Å². The number of piperidine rings is 1. The highest BCUT2D eigenvalue weighted by Gasteiger charge is 2.44. The van der Waals surface area contributed by atoms with E-state index in [0.717, 1.165) is 39.1 Å². The zero-order valence-corrected chi connectivity index (χ0v) is 24.8. The van der Waals surface area contributed by atoms with Gasteiger partial charge in [-0.05, 0) is 25.0 Å². The second-order valence-electron chi connectivity index (χ2n) is 9.59. The lowest BCUT2D eigenvalue weighted by molar-refractivity contribution is -0.193. The number of ether oxygens (including phenoxy) is 1. The van der Waals surface area contributed by atoms with E-state index in [1.807, 2.05) is 31.1 Å². The van der Waals surface area contributed by atoms with Crippen LogP contribution in [-0.2, 0) is 32.2 Å². The molecule has 0 radical (unpaired) electrons. The molecular formula is C25H29F9N4O7S. The topological polar surface area (TPSA) is 153 Å². The number of hydrogen-bond acceptors (Lipinski definition) is 9. The molecule has 3 N–H and O–H groups in total. The molecule has 2 saturated heterocycles. The number of aliphatic carboxylic acids is 3. The van der Waals surface area contributed by atoms with Crippen LogP contribution in [-0.4, -0.2) is 110 Å². The highest BCUT2D eigenvalue weighted by molar-refractivity contribution is 7.09. The van der Waals surface area contributed by atoms with Gasteiger partial charge in [0.25, 0.3) is 0 Å². The van der Waals surface area contributed by atoms with Crippen molar-refractivity contribution in [3.05, 3.63) is 46.2 Å². The highest BCUT2D eigenvalue weighted by atomic mass is 32.1. The van der Waals surface area contributed by atoms with Crippen molar-refractivity contribution in [3.8, 4) is 0 Å². The largest absolute Gasteiger partial charge is 0.490 e. The Hall–Kier alpha value is -3.56. The van der Waals surface area contributed by atoms with E-state index in [4.69, 9.17) is 34.4 Å². The van der Waals surface area contributed by atoms with E-state index in [1.165, 1.54) is 16.1 Å². The first-order chi connectivity index (χ1) is 21.1. The molecule has 0 aromatic carbocycles. The molecule has 0 spiro atoms. The number of aryl methyl sites for hydroxylation is 1. The molecule has 11 nitrogen and oxygen atoms in total. The van der Waals surface area contributed by atoms with Crippen molar-refractivity contribution in [1.82, 2.24) is 19.8 Å². The number of thiazole rings is 1. The molecular weight excluding hydrogens is 671 g/mol. The molecule has 3 atom stereocenters. The van der Waals surface area contributed by atoms with Crippen molar-refractivity contribution in [3.63, 3.8) is 0 Å². The van der Waals surface area contributed by atoms with Crippen LogP contribution >= 0.6 is 11.3 Å². The third-order valence-corrected chi connectivity index (χ3v) is 7.33. The summed E-state index contributed by atoms with van der Waals surface area (Å²) in [6, 6.07) is 4.76. The van der Waals surface area contributed by atoms with Gasteiger partial charge in [0.1, 0.15) is 0 Å². The molecule has 0 amide bonds. The quantitative estimate of drug-likeness (QED) is 0.379. The number of methoxy groups -OCH3 is 1. The Labute approximate surface area is 259 Å². The molecule has 0 aliphatic carbocycles. The first-order valence-electron chi connectivity index (χ1n) is 12.7. The van der Waals surface area contributed by atoms with Crippen LogP contribution in [0.3, 0.4) is 0 Å². The van der Waals surface area contributed by atoms with Crippen LogP contribution in [0.15, 0.2) is 30.0 Å². The molecule has 260 valence electrons. The molecule has 4 rings (SSSR count). The number of nitrogens with zero attached hydrogens (tertiary/aromatic N) is 4. The zero-order valence-electron chi connectivity index (χ0n) is 23.9. The Kier molecular flexibility index (Phi) is 15.3. The maximum atomic E-state index is 10.6. The summed E-state index contributed by atoms with van der Waals surface area (Å²) in [6.45, 7) is 7.44. The molecule has 0 saturated carbocycles. The average molecular weight is 701 g/mol. The summed E-state index contributed by atoms with van der Waals surface area (Å²) < 4.78 is 101. The van der Waals surface area contributed by atoms with Crippen LogP contribution in [0.5, 0.6) is 0 Å². The minimum Gasteiger partial charge on any atom is -0.475 e. The zero-order chi connectivity index (χ0) is 35.5. The number of carbonyl (C=O) groups is 3. The van der Waals surface area contributed by atoms with Crippen molar-refractivity contribution in [2.24, 2.45) is 5.92 Å². The lowest BCUT2D eigenvalue weighted by Crippen LogP contribution is -2.50. The summed E-state index contributed by atoms with van der Waals surface area (Å²) in [4.78, 5) is 42.0. The number of rotatable bonds is 5. The molecule has 21 heteroatoms. The number of halogens is 9. The normalized spacial score (nSPS) is 20.1. The second-order valence-corrected chi connectivity index (χ2v) is 10.5. The van der Waals surface area contributed by atoms with E-state index in [0.29, 0.717) is 18.1 Å². The summed E-state index contributed by atoms with van der Waals surface area (Å²) in [5.74, 6) is -7.68. The summed E-state index contributed by atoms with van der Waals surface area (Å²) >= 11 is 1.78. The Balaban J connectivity index is 0.000000413. The highest BCUT2D eigenvalue weighted by Crippen LogP contribution is 2.34. The summed E-state index contributed by atoms with van der Waals surface area (Å²) in [7, 11) is 1.87. The summed E-state index contributed by atoms with van der Waals surface area (Å²) in [6.07, 6.45) is -9.93. The van der Waals surface area contributed by atoms with Gasteiger partial charge in [-0.3, -0.25) is 14.8 Å². The van der Waals surface area contributed by atoms with Crippen molar-refractivity contribution in [2.45, 2.75) is 57.1 Å². The minimum absolute atomic E-state index is 0.378. The number of likely N-dealkylation sites (tertiary alicyclic amines) is 2. The number of alkyl halides is 9. The number of fused-ring (bicyclic) bond motifs is 1. The predicted octanol–water partition coefficient (Wildman–Crippen LogP) is 4.47. The Morgan fingerprint density at radius 3 is 1.85 bits per heavy atom. The van der Waals surface area contributed by atoms with Crippen molar-refractivity contribution >= 4 is 29.2 Å². The molecule has 2 aliphatic rings. The van der Waals surface area contributed by atoms with E-state index in [1.54, 1.807) is 11.3 Å². The molecule has 0 unspecified atom stereocenters. The number of hydrogen-bond donors (Lipinski definition) is 3. The van der Waals surface area contributed by atoms with Crippen LogP contribution in [0.25, 0.3) is 0 Å². The number of carboxylic acid groups (broad SMARTS) is 3. The van der Waals surface area contributed by atoms with Gasteiger partial charge in [-0.25, -0.2) is 19.4 Å². The first-order valence-corrected chi connectivity index (χ1v) is 13.6. The SMILES string of the molecule is CO[C@@H]1CCN(Cc2scnc2C)[C@@H]2CN(Cc3cccnc3)C[C@@H]21.O=C(O)C(F)(F)F.O=C(O)C(F)(F)F.O=C(O)C(F)(F)F. The van der Waals surface area contributed by atoms with Gasteiger partial charge in [0.05, 0.1) is 17.3 Å². The molecule has 2 aromatic heterocycles. The first kappa shape index (κ1) is 40.5. The molecule has 2 aliphatic heterocycles. The van der Waals surface area contributed by atoms with Crippen LogP contribution in [0.1, 0.15) is 22.6 Å². The van der Waals surface area contributed by atoms with Crippen LogP contribution < -0.4 is 0 Å². The fourth-order valence-electron chi connectivity index (χ4n) is 4.35. The molecule has 46 heavy (non-hydrogen) atoms. The van der Waals surface area contributed by atoms with E-state index in [2.05, 4.69) is 32.8 Å². The predicted molar refractivity (Wildman–Crippen MR) is 141 cm³/mol. The van der Waals surface area contributed by atoms with Gasteiger partial charge in [-0.15, -0.1) is 11.3 Å². The van der Waals surface area contributed by atoms with Crippen LogP contribution in [0, 0.1) is 12.8 Å². The Morgan fingerprint density at radius 2 is 1.46 bits per heavy atom. The fraction of sp³-hybridized carbons (Fsp3) is 0.560. The monoisotopic (exact) mass is 700 g/mol. The van der Waals surface area contributed by atoms with E-state index >= 15 is 0 Å². The van der Waals surface area contributed by atoms with Crippen molar-refractivity contribution in [2.75, 3.05) is 26.7 Å². The standard InChI is InChI=1S/C19H26N4OS.3C2HF3O2/c1-14-19(25-13-21-14)12-23-7-5-18(24-2)16-10-22(11-17(16)23)9-15-4-3-6-20-8-15;3*3-2(4,5)1(6)7/h3-4,6,8,13,16-18H,5,7,9-12H2,1-2H3;3*(H,6,7)/t16-,17+,18+;;;/m0.../s1. The smallest absolute Gasteiger partial charge is 0.475 e. The van der Waals surface area contributed by atoms with Crippen LogP contribution in [0.4, 0.5) is 39.5 Å². The molecule has 4 heterocycles. The average Bonchev–Trinajstić information content (AvgIpc) is 3.55. The Bertz CT molecular complexity index is 1200. The Morgan fingerprint density at radius 1 is 0.935 bits per heavy atom. The van der Waals surface area contributed by atoms with Crippen molar-refractivity contribution in [1.29, 1.82) is 0 Å². The number of carboxylic acids is 3. The molecule has 0 bridgehead atoms. The van der Waals surface area contributed by atoms with E-state index in [9.17, 15) is 39.5 Å². The van der Waals surface area contributed by atoms with Gasteiger partial charge in [0.15, 0.2) is 0 Å². The van der Waals surface area contributed by atoms with E-state index < -0.39 is 36.4 Å². The number of aromatic nitrogens is 2. The third-order valence-electron chi connectivity index (χ3n) is 6.41. The van der Waals surface area contributed by atoms with Gasteiger partial charge >= 0.3 is 36.4 Å². The lowest BCUT2D eigenvalue weighted by atomic mass is 9.89. The number of pyridine rings is 1. The maximum Gasteiger partial charge on any atom is 0.490 e. The second kappa shape index (κ2) is 17.4. The summed E-state index contributed by atoms with van der Waals surface area (Å²) in [5, 5.41) is 21.4. The molecule has 2 aromatic rings. The lowest BCUT2D eigenvalue weighted by Gasteiger charge is -2.41. The fourth-order valence-corrected chi connectivity index (χ4v) is 5.15. The third kappa shape index (κ3) is 13.8. The summed E-state index contributed by atoms with van der Waals surface area (Å²) in [5.41, 5.74) is 4.44.